The maximum absolute atomic E-state index is 13.0. The molecule has 1 fully saturated rings. The van der Waals surface area contributed by atoms with E-state index in [1.54, 1.807) is 0 Å². The van der Waals surface area contributed by atoms with Crippen LogP contribution in [0.5, 0.6) is 0 Å². The summed E-state index contributed by atoms with van der Waals surface area (Å²) in [5, 5.41) is 3.68. The van der Waals surface area contributed by atoms with Crippen molar-refractivity contribution < 1.29 is 9.59 Å². The topological polar surface area (TPSA) is 52.7 Å². The predicted molar refractivity (Wildman–Crippen MR) is 120 cm³/mol. The number of nitrogens with one attached hydrogen (secondary N) is 1. The van der Waals surface area contributed by atoms with Crippen LogP contribution < -0.4 is 5.32 Å². The highest BCUT2D eigenvalue weighted by molar-refractivity contribution is 7.18. The van der Waals surface area contributed by atoms with Crippen LogP contribution in [-0.2, 0) is 11.2 Å². The minimum atomic E-state index is -0.460. The highest BCUT2D eigenvalue weighted by Crippen LogP contribution is 2.29. The first-order valence-electron chi connectivity index (χ1n) is 10.2. The first-order chi connectivity index (χ1) is 13.7. The number of aryl methyl sites for hydroxylation is 1. The van der Waals surface area contributed by atoms with Crippen molar-refractivity contribution in [2.24, 2.45) is 5.41 Å². The molecule has 5 nitrogen and oxygen atoms in total. The summed E-state index contributed by atoms with van der Waals surface area (Å²) < 4.78 is 0. The number of carbonyl (C=O) groups excluding carboxylic acids is 2. The molecule has 1 saturated heterocycles. The monoisotopic (exact) mass is 413 g/mol. The molecule has 0 bridgehead atoms. The molecule has 0 unspecified atom stereocenters. The van der Waals surface area contributed by atoms with Crippen molar-refractivity contribution in [3.8, 4) is 0 Å². The quantitative estimate of drug-likeness (QED) is 0.805. The lowest BCUT2D eigenvalue weighted by Crippen LogP contribution is -2.49. The Morgan fingerprint density at radius 3 is 2.34 bits per heavy atom. The fraction of sp³-hybridized carbons (Fsp3) is 0.478. The van der Waals surface area contributed by atoms with Gasteiger partial charge in [-0.05, 0) is 30.5 Å². The standard InChI is InChI=1S/C23H31N3O2S/c1-17-16-19(24-22(28)23(2,3)4)29-20(17)21(27)26-14-12-25(13-15-26)11-10-18-8-6-5-7-9-18/h5-9,16H,10-15H2,1-4H3,(H,24,28). The zero-order chi connectivity index (χ0) is 21.0. The molecule has 0 spiro atoms. The van der Waals surface area contributed by atoms with Gasteiger partial charge in [-0.3, -0.25) is 14.5 Å². The van der Waals surface area contributed by atoms with Gasteiger partial charge in [0.2, 0.25) is 5.91 Å². The van der Waals surface area contributed by atoms with Crippen molar-refractivity contribution >= 4 is 28.2 Å². The van der Waals surface area contributed by atoms with Crippen molar-refractivity contribution in [3.63, 3.8) is 0 Å². The van der Waals surface area contributed by atoms with Crippen LogP contribution in [0.4, 0.5) is 5.00 Å². The predicted octanol–water partition coefficient (Wildman–Crippen LogP) is 4.04. The van der Waals surface area contributed by atoms with E-state index in [9.17, 15) is 9.59 Å². The minimum absolute atomic E-state index is 0.0372. The van der Waals surface area contributed by atoms with Gasteiger partial charge in [0.05, 0.1) is 9.88 Å². The van der Waals surface area contributed by atoms with Crippen LogP contribution in [0.15, 0.2) is 36.4 Å². The second kappa shape index (κ2) is 9.09. The van der Waals surface area contributed by atoms with E-state index < -0.39 is 5.41 Å². The molecule has 156 valence electrons. The van der Waals surface area contributed by atoms with E-state index >= 15 is 0 Å². The third-order valence-corrected chi connectivity index (χ3v) is 6.39. The molecule has 29 heavy (non-hydrogen) atoms. The number of benzene rings is 1. The van der Waals surface area contributed by atoms with Gasteiger partial charge in [-0.25, -0.2) is 0 Å². The number of piperazine rings is 1. The molecule has 2 amide bonds. The van der Waals surface area contributed by atoms with Crippen LogP contribution in [0.25, 0.3) is 0 Å². The van der Waals surface area contributed by atoms with Crippen LogP contribution in [0.3, 0.4) is 0 Å². The molecule has 0 aliphatic carbocycles. The van der Waals surface area contributed by atoms with Crippen LogP contribution in [0.1, 0.15) is 41.6 Å². The van der Waals surface area contributed by atoms with E-state index in [1.165, 1.54) is 16.9 Å². The number of rotatable bonds is 5. The number of hydrogen-bond acceptors (Lipinski definition) is 4. The zero-order valence-electron chi connectivity index (χ0n) is 17.8. The van der Waals surface area contributed by atoms with Crippen LogP contribution in [-0.4, -0.2) is 54.3 Å². The van der Waals surface area contributed by atoms with E-state index in [4.69, 9.17) is 0 Å². The summed E-state index contributed by atoms with van der Waals surface area (Å²) in [5.74, 6) is 0.0382. The summed E-state index contributed by atoms with van der Waals surface area (Å²) >= 11 is 1.38. The summed E-state index contributed by atoms with van der Waals surface area (Å²) in [6, 6.07) is 12.4. The molecule has 0 saturated carbocycles. The lowest BCUT2D eigenvalue weighted by atomic mass is 9.96. The molecule has 1 aromatic carbocycles. The maximum atomic E-state index is 13.0. The van der Waals surface area contributed by atoms with Gasteiger partial charge < -0.3 is 10.2 Å². The Balaban J connectivity index is 1.53. The highest BCUT2D eigenvalue weighted by atomic mass is 32.1. The first-order valence-corrected chi connectivity index (χ1v) is 11.0. The molecule has 3 rings (SSSR count). The maximum Gasteiger partial charge on any atom is 0.264 e. The van der Waals surface area contributed by atoms with E-state index in [-0.39, 0.29) is 11.8 Å². The van der Waals surface area contributed by atoms with Gasteiger partial charge >= 0.3 is 0 Å². The molecular formula is C23H31N3O2S. The average Bonchev–Trinajstić information content (AvgIpc) is 3.06. The van der Waals surface area contributed by atoms with Crippen LogP contribution in [0.2, 0.25) is 0 Å². The molecule has 0 radical (unpaired) electrons. The summed E-state index contributed by atoms with van der Waals surface area (Å²) in [5.41, 5.74) is 1.82. The van der Waals surface area contributed by atoms with E-state index in [0.717, 1.165) is 54.6 Å². The normalized spacial score (nSPS) is 15.4. The lowest BCUT2D eigenvalue weighted by molar-refractivity contribution is -0.123. The Morgan fingerprint density at radius 2 is 1.72 bits per heavy atom. The van der Waals surface area contributed by atoms with Gasteiger partial charge in [0, 0.05) is 38.1 Å². The largest absolute Gasteiger partial charge is 0.335 e. The highest BCUT2D eigenvalue weighted by Gasteiger charge is 2.26. The summed E-state index contributed by atoms with van der Waals surface area (Å²) in [4.78, 5) is 30.3. The molecule has 1 aromatic heterocycles. The molecule has 2 heterocycles. The van der Waals surface area contributed by atoms with E-state index in [1.807, 2.05) is 44.7 Å². The molecule has 1 N–H and O–H groups in total. The third-order valence-electron chi connectivity index (χ3n) is 5.25. The Hall–Kier alpha value is -2.18. The molecule has 6 heteroatoms. The van der Waals surface area contributed by atoms with Gasteiger partial charge in [-0.2, -0.15) is 0 Å². The number of anilines is 1. The zero-order valence-corrected chi connectivity index (χ0v) is 18.6. The summed E-state index contributed by atoms with van der Waals surface area (Å²) in [6.07, 6.45) is 1.04. The number of nitrogens with zero attached hydrogens (tertiary/aromatic N) is 2. The Morgan fingerprint density at radius 1 is 1.07 bits per heavy atom. The molecule has 1 aliphatic rings. The smallest absolute Gasteiger partial charge is 0.264 e. The average molecular weight is 414 g/mol. The second-order valence-corrected chi connectivity index (χ2v) is 9.75. The fourth-order valence-corrected chi connectivity index (χ4v) is 4.34. The molecule has 1 aliphatic heterocycles. The van der Waals surface area contributed by atoms with E-state index in [0.29, 0.717) is 0 Å². The Bertz CT molecular complexity index is 847. The van der Waals surface area contributed by atoms with Crippen molar-refractivity contribution in [3.05, 3.63) is 52.4 Å². The number of carbonyl (C=O) groups is 2. The Labute approximate surface area is 177 Å². The molecule has 0 atom stereocenters. The fourth-order valence-electron chi connectivity index (χ4n) is 3.31. The van der Waals surface area contributed by atoms with Crippen molar-refractivity contribution in [1.29, 1.82) is 0 Å². The van der Waals surface area contributed by atoms with Gasteiger partial charge in [0.1, 0.15) is 0 Å². The van der Waals surface area contributed by atoms with Crippen molar-refractivity contribution in [1.82, 2.24) is 9.80 Å². The number of hydrogen-bond donors (Lipinski definition) is 1. The van der Waals surface area contributed by atoms with Crippen molar-refractivity contribution in [2.75, 3.05) is 38.0 Å². The lowest BCUT2D eigenvalue weighted by Gasteiger charge is -2.34. The molecular weight excluding hydrogens is 382 g/mol. The SMILES string of the molecule is Cc1cc(NC(=O)C(C)(C)C)sc1C(=O)N1CCN(CCc2ccccc2)CC1. The Kier molecular flexibility index (Phi) is 6.75. The van der Waals surface area contributed by atoms with Crippen LogP contribution in [0, 0.1) is 12.3 Å². The first kappa shape index (κ1) is 21.5. The molecule has 2 aromatic rings. The van der Waals surface area contributed by atoms with Crippen LogP contribution >= 0.6 is 11.3 Å². The summed E-state index contributed by atoms with van der Waals surface area (Å²) in [7, 11) is 0. The third kappa shape index (κ3) is 5.67. The van der Waals surface area contributed by atoms with Gasteiger partial charge in [-0.15, -0.1) is 11.3 Å². The van der Waals surface area contributed by atoms with E-state index in [2.05, 4.69) is 34.5 Å². The minimum Gasteiger partial charge on any atom is -0.335 e. The summed E-state index contributed by atoms with van der Waals surface area (Å²) in [6.45, 7) is 11.9. The number of thiophene rings is 1. The number of amides is 2. The second-order valence-electron chi connectivity index (χ2n) is 8.70. The van der Waals surface area contributed by atoms with Crippen molar-refractivity contribution in [2.45, 2.75) is 34.1 Å². The van der Waals surface area contributed by atoms with Gasteiger partial charge in [-0.1, -0.05) is 51.1 Å². The van der Waals surface area contributed by atoms with Gasteiger partial charge in [0.25, 0.3) is 5.91 Å². The van der Waals surface area contributed by atoms with Gasteiger partial charge in [0.15, 0.2) is 0 Å².